The van der Waals surface area contributed by atoms with Crippen LogP contribution in [0.15, 0.2) is 34.2 Å². The molecule has 0 fully saturated rings. The molecule has 0 unspecified atom stereocenters. The maximum atomic E-state index is 11.4. The van der Waals surface area contributed by atoms with Crippen molar-refractivity contribution in [1.29, 1.82) is 0 Å². The minimum Gasteiger partial charge on any atom is -0.465 e. The van der Waals surface area contributed by atoms with Gasteiger partial charge >= 0.3 is 5.97 Å². The lowest BCUT2D eigenvalue weighted by Gasteiger charge is -1.95. The number of carbonyl (C=O) groups excluding carboxylic acids is 1. The predicted molar refractivity (Wildman–Crippen MR) is 66.6 cm³/mol. The van der Waals surface area contributed by atoms with E-state index in [1.54, 1.807) is 12.3 Å². The Morgan fingerprint density at radius 2 is 2.31 bits per heavy atom. The molecule has 16 heavy (non-hydrogen) atoms. The van der Waals surface area contributed by atoms with E-state index in [1.807, 2.05) is 18.2 Å². The smallest absolute Gasteiger partial charge is 0.348 e. The summed E-state index contributed by atoms with van der Waals surface area (Å²) in [5.41, 5.74) is 1.74. The average Bonchev–Trinajstić information content (AvgIpc) is 2.71. The number of halogens is 1. The summed E-state index contributed by atoms with van der Waals surface area (Å²) in [7, 11) is 1.37. The number of esters is 1. The number of methoxy groups -OCH3 is 1. The third-order valence-electron chi connectivity index (χ3n) is 2.01. The number of rotatable bonds is 2. The molecule has 5 heteroatoms. The van der Waals surface area contributed by atoms with Crippen molar-refractivity contribution in [3.63, 3.8) is 0 Å². The topological polar surface area (TPSA) is 39.2 Å². The minimum atomic E-state index is -0.326. The summed E-state index contributed by atoms with van der Waals surface area (Å²) in [6.45, 7) is 0. The predicted octanol–water partition coefficient (Wildman–Crippen LogP) is 3.36. The molecular formula is C11H8BrNO2S. The van der Waals surface area contributed by atoms with Gasteiger partial charge in [-0.25, -0.2) is 4.79 Å². The van der Waals surface area contributed by atoms with Crippen LogP contribution >= 0.6 is 27.3 Å². The van der Waals surface area contributed by atoms with Crippen molar-refractivity contribution in [3.05, 3.63) is 39.1 Å². The van der Waals surface area contributed by atoms with Crippen molar-refractivity contribution in [2.45, 2.75) is 0 Å². The van der Waals surface area contributed by atoms with Gasteiger partial charge in [-0.2, -0.15) is 0 Å². The molecule has 0 radical (unpaired) electrons. The maximum absolute atomic E-state index is 11.4. The number of nitrogens with zero attached hydrogens (tertiary/aromatic N) is 1. The maximum Gasteiger partial charge on any atom is 0.348 e. The van der Waals surface area contributed by atoms with E-state index in [0.717, 1.165) is 15.0 Å². The van der Waals surface area contributed by atoms with Crippen molar-refractivity contribution in [3.8, 4) is 11.3 Å². The van der Waals surface area contributed by atoms with Gasteiger partial charge in [-0.1, -0.05) is 6.07 Å². The van der Waals surface area contributed by atoms with Crippen LogP contribution in [0.4, 0.5) is 0 Å². The number of carbonyl (C=O) groups is 1. The molecule has 2 rings (SSSR count). The molecule has 0 saturated carbocycles. The highest BCUT2D eigenvalue weighted by molar-refractivity contribution is 9.11. The quantitative estimate of drug-likeness (QED) is 0.798. The summed E-state index contributed by atoms with van der Waals surface area (Å²) in [5, 5.41) is 0. The first kappa shape index (κ1) is 11.3. The van der Waals surface area contributed by atoms with Crippen LogP contribution in [0.5, 0.6) is 0 Å². The average molecular weight is 298 g/mol. The van der Waals surface area contributed by atoms with E-state index in [1.165, 1.54) is 18.4 Å². The molecule has 0 aliphatic carbocycles. The van der Waals surface area contributed by atoms with Crippen molar-refractivity contribution in [2.75, 3.05) is 7.11 Å². The van der Waals surface area contributed by atoms with Crippen LogP contribution in [0.3, 0.4) is 0 Å². The number of aromatic nitrogens is 1. The highest BCUT2D eigenvalue weighted by Crippen LogP contribution is 2.35. The van der Waals surface area contributed by atoms with Gasteiger partial charge in [-0.3, -0.25) is 4.98 Å². The number of pyridine rings is 1. The Labute approximate surface area is 105 Å². The van der Waals surface area contributed by atoms with Gasteiger partial charge in [0.15, 0.2) is 0 Å². The van der Waals surface area contributed by atoms with Crippen molar-refractivity contribution in [2.24, 2.45) is 0 Å². The Balaban J connectivity index is 2.44. The Hall–Kier alpha value is -1.20. The summed E-state index contributed by atoms with van der Waals surface area (Å²) < 4.78 is 5.55. The van der Waals surface area contributed by atoms with Gasteiger partial charge in [-0.05, 0) is 34.1 Å². The Morgan fingerprint density at radius 3 is 2.94 bits per heavy atom. The summed E-state index contributed by atoms with van der Waals surface area (Å²) in [5.74, 6) is -0.326. The lowest BCUT2D eigenvalue weighted by molar-refractivity contribution is 0.0606. The van der Waals surface area contributed by atoms with E-state index >= 15 is 0 Å². The van der Waals surface area contributed by atoms with Crippen LogP contribution in [-0.2, 0) is 4.74 Å². The fraction of sp³-hybridized carbons (Fsp3) is 0.0909. The molecule has 0 aliphatic heterocycles. The van der Waals surface area contributed by atoms with Gasteiger partial charge in [0.25, 0.3) is 0 Å². The standard InChI is InChI=1S/C11H8BrNO2S/c1-15-11(14)9-6-7(10(12)16-9)8-4-2-3-5-13-8/h2-6H,1H3. The Morgan fingerprint density at radius 1 is 1.50 bits per heavy atom. The first-order valence-electron chi connectivity index (χ1n) is 4.51. The van der Waals surface area contributed by atoms with Crippen LogP contribution in [0.25, 0.3) is 11.3 Å². The van der Waals surface area contributed by atoms with Gasteiger partial charge < -0.3 is 4.74 Å². The molecule has 2 aromatic rings. The van der Waals surface area contributed by atoms with Crippen LogP contribution in [0.1, 0.15) is 9.67 Å². The van der Waals surface area contributed by atoms with E-state index in [4.69, 9.17) is 0 Å². The van der Waals surface area contributed by atoms with Gasteiger partial charge in [0.1, 0.15) is 4.88 Å². The second-order valence-electron chi connectivity index (χ2n) is 3.00. The van der Waals surface area contributed by atoms with Gasteiger partial charge in [0.2, 0.25) is 0 Å². The fourth-order valence-electron chi connectivity index (χ4n) is 1.27. The van der Waals surface area contributed by atoms with Crippen molar-refractivity contribution >= 4 is 33.2 Å². The number of ether oxygens (including phenoxy) is 1. The molecule has 0 spiro atoms. The van der Waals surface area contributed by atoms with Crippen molar-refractivity contribution in [1.82, 2.24) is 4.98 Å². The fourth-order valence-corrected chi connectivity index (χ4v) is 2.92. The summed E-state index contributed by atoms with van der Waals surface area (Å²) in [6, 6.07) is 7.44. The minimum absolute atomic E-state index is 0.326. The third kappa shape index (κ3) is 2.15. The van der Waals surface area contributed by atoms with Crippen LogP contribution in [0.2, 0.25) is 0 Å². The van der Waals surface area contributed by atoms with Gasteiger partial charge in [0.05, 0.1) is 16.6 Å². The zero-order valence-electron chi connectivity index (χ0n) is 8.44. The molecular weight excluding hydrogens is 290 g/mol. The van der Waals surface area contributed by atoms with E-state index in [-0.39, 0.29) is 5.97 Å². The Bertz CT molecular complexity index is 510. The summed E-state index contributed by atoms with van der Waals surface area (Å²) in [4.78, 5) is 16.2. The third-order valence-corrected chi connectivity index (χ3v) is 3.83. The van der Waals surface area contributed by atoms with Crippen LogP contribution in [0, 0.1) is 0 Å². The van der Waals surface area contributed by atoms with E-state index < -0.39 is 0 Å². The molecule has 0 N–H and O–H groups in total. The van der Waals surface area contributed by atoms with E-state index in [2.05, 4.69) is 25.7 Å². The highest BCUT2D eigenvalue weighted by Gasteiger charge is 2.15. The van der Waals surface area contributed by atoms with E-state index in [9.17, 15) is 4.79 Å². The molecule has 2 heterocycles. The normalized spacial score (nSPS) is 10.1. The SMILES string of the molecule is COC(=O)c1cc(-c2ccccn2)c(Br)s1. The molecule has 0 bridgehead atoms. The second kappa shape index (κ2) is 4.76. The van der Waals surface area contributed by atoms with Crippen molar-refractivity contribution < 1.29 is 9.53 Å². The van der Waals surface area contributed by atoms with Crippen LogP contribution < -0.4 is 0 Å². The zero-order valence-corrected chi connectivity index (χ0v) is 10.8. The Kier molecular flexibility index (Phi) is 3.36. The van der Waals surface area contributed by atoms with Crippen LogP contribution in [-0.4, -0.2) is 18.1 Å². The number of hydrogen-bond donors (Lipinski definition) is 0. The lowest BCUT2D eigenvalue weighted by Crippen LogP contribution is -1.96. The molecule has 82 valence electrons. The molecule has 2 aromatic heterocycles. The molecule has 0 atom stereocenters. The second-order valence-corrected chi connectivity index (χ2v) is 5.37. The first-order chi connectivity index (χ1) is 7.72. The molecule has 3 nitrogen and oxygen atoms in total. The largest absolute Gasteiger partial charge is 0.465 e. The van der Waals surface area contributed by atoms with E-state index in [0.29, 0.717) is 4.88 Å². The van der Waals surface area contributed by atoms with Gasteiger partial charge in [0, 0.05) is 11.8 Å². The molecule has 0 aromatic carbocycles. The summed E-state index contributed by atoms with van der Waals surface area (Å²) in [6.07, 6.45) is 1.72. The monoisotopic (exact) mass is 297 g/mol. The first-order valence-corrected chi connectivity index (χ1v) is 6.12. The number of hydrogen-bond acceptors (Lipinski definition) is 4. The van der Waals surface area contributed by atoms with Gasteiger partial charge in [-0.15, -0.1) is 11.3 Å². The zero-order chi connectivity index (χ0) is 11.5. The highest BCUT2D eigenvalue weighted by atomic mass is 79.9. The molecule has 0 amide bonds. The summed E-state index contributed by atoms with van der Waals surface area (Å²) >= 11 is 4.77. The lowest BCUT2D eigenvalue weighted by atomic mass is 10.2. The number of thiophene rings is 1. The molecule has 0 aliphatic rings. The molecule has 0 saturated heterocycles.